The molecule has 2 aromatic rings. The third-order valence-electron chi connectivity index (χ3n) is 1.31. The SMILES string of the molecule is c1nnn(CCn2cnnn2)n1. The Morgan fingerprint density at radius 3 is 2.75 bits per heavy atom. The van der Waals surface area contributed by atoms with Gasteiger partial charge in [-0.2, -0.15) is 4.80 Å². The molecule has 0 N–H and O–H groups in total. The van der Waals surface area contributed by atoms with Crippen molar-refractivity contribution in [2.24, 2.45) is 0 Å². The molecule has 0 spiro atoms. The highest BCUT2D eigenvalue weighted by molar-refractivity contribution is 4.46. The molecule has 0 amide bonds. The van der Waals surface area contributed by atoms with Crippen molar-refractivity contribution < 1.29 is 0 Å². The normalized spacial score (nSPS) is 10.3. The molecule has 2 aromatic heterocycles. The van der Waals surface area contributed by atoms with E-state index in [9.17, 15) is 0 Å². The smallest absolute Gasteiger partial charge is 0.162 e. The molecule has 12 heavy (non-hydrogen) atoms. The first-order valence-corrected chi connectivity index (χ1v) is 3.37. The van der Waals surface area contributed by atoms with Gasteiger partial charge in [0.2, 0.25) is 0 Å². The van der Waals surface area contributed by atoms with Crippen molar-refractivity contribution in [1.82, 2.24) is 40.4 Å². The Bertz CT molecular complexity index is 274. The Labute approximate surface area is 67.2 Å². The molecule has 0 radical (unpaired) electrons. The molecular formula is C4H6N8. The van der Waals surface area contributed by atoms with Crippen LogP contribution in [0.25, 0.3) is 0 Å². The van der Waals surface area contributed by atoms with E-state index in [-0.39, 0.29) is 0 Å². The Hall–Kier alpha value is -1.86. The third-order valence-corrected chi connectivity index (χ3v) is 1.31. The lowest BCUT2D eigenvalue weighted by molar-refractivity contribution is 0.444. The van der Waals surface area contributed by atoms with Crippen molar-refractivity contribution >= 4 is 0 Å². The summed E-state index contributed by atoms with van der Waals surface area (Å²) in [5, 5.41) is 21.7. The van der Waals surface area contributed by atoms with Crippen molar-refractivity contribution in [2.75, 3.05) is 0 Å². The van der Waals surface area contributed by atoms with Gasteiger partial charge < -0.3 is 0 Å². The van der Waals surface area contributed by atoms with Crippen LogP contribution in [0.4, 0.5) is 0 Å². The highest BCUT2D eigenvalue weighted by Gasteiger charge is 1.94. The molecule has 62 valence electrons. The summed E-state index contributed by atoms with van der Waals surface area (Å²) >= 11 is 0. The van der Waals surface area contributed by atoms with E-state index in [1.54, 1.807) is 4.68 Å². The maximum absolute atomic E-state index is 3.83. The first kappa shape index (κ1) is 6.83. The van der Waals surface area contributed by atoms with Gasteiger partial charge >= 0.3 is 0 Å². The molecule has 0 saturated heterocycles. The van der Waals surface area contributed by atoms with Crippen molar-refractivity contribution in [2.45, 2.75) is 13.1 Å². The summed E-state index contributed by atoms with van der Waals surface area (Å²) in [4.78, 5) is 1.47. The van der Waals surface area contributed by atoms with Crippen LogP contribution in [0.15, 0.2) is 12.7 Å². The van der Waals surface area contributed by atoms with Crippen molar-refractivity contribution in [3.05, 3.63) is 12.7 Å². The van der Waals surface area contributed by atoms with Crippen LogP contribution in [0, 0.1) is 0 Å². The van der Waals surface area contributed by atoms with Gasteiger partial charge in [-0.05, 0) is 15.6 Å². The molecule has 2 rings (SSSR count). The molecule has 2 heterocycles. The molecule has 0 aliphatic heterocycles. The second kappa shape index (κ2) is 3.03. The summed E-state index contributed by atoms with van der Waals surface area (Å²) in [5.74, 6) is 0. The van der Waals surface area contributed by atoms with Crippen LogP contribution in [-0.2, 0) is 13.1 Å². The molecule has 0 atom stereocenters. The average molecular weight is 166 g/mol. The predicted molar refractivity (Wildman–Crippen MR) is 35.6 cm³/mol. The lowest BCUT2D eigenvalue weighted by atomic mass is 10.6. The van der Waals surface area contributed by atoms with Gasteiger partial charge in [0, 0.05) is 0 Å². The zero-order valence-electron chi connectivity index (χ0n) is 6.15. The molecule has 0 aliphatic carbocycles. The fourth-order valence-corrected chi connectivity index (χ4v) is 0.766. The van der Waals surface area contributed by atoms with Crippen LogP contribution in [0.2, 0.25) is 0 Å². The van der Waals surface area contributed by atoms with Crippen molar-refractivity contribution in [3.8, 4) is 0 Å². The number of nitrogens with zero attached hydrogens (tertiary/aromatic N) is 8. The molecule has 0 saturated carbocycles. The van der Waals surface area contributed by atoms with E-state index in [0.29, 0.717) is 13.1 Å². The highest BCUT2D eigenvalue weighted by Crippen LogP contribution is 1.81. The fraction of sp³-hybridized carbons (Fsp3) is 0.500. The summed E-state index contributed by atoms with van der Waals surface area (Å²) in [5.41, 5.74) is 0. The van der Waals surface area contributed by atoms with Gasteiger partial charge in [0.1, 0.15) is 6.33 Å². The maximum Gasteiger partial charge on any atom is 0.162 e. The molecule has 0 aliphatic rings. The topological polar surface area (TPSA) is 87.2 Å². The molecular weight excluding hydrogens is 160 g/mol. The second-order valence-electron chi connectivity index (χ2n) is 2.10. The maximum atomic E-state index is 3.83. The minimum Gasteiger partial charge on any atom is -0.231 e. The number of hydrogen-bond donors (Lipinski definition) is 0. The highest BCUT2D eigenvalue weighted by atomic mass is 15.6. The quantitative estimate of drug-likeness (QED) is 0.543. The minimum absolute atomic E-state index is 0.616. The number of tetrazole rings is 2. The molecule has 8 nitrogen and oxygen atoms in total. The summed E-state index contributed by atoms with van der Waals surface area (Å²) in [6, 6.07) is 0. The minimum atomic E-state index is 0.616. The largest absolute Gasteiger partial charge is 0.231 e. The van der Waals surface area contributed by atoms with E-state index in [0.717, 1.165) is 0 Å². The van der Waals surface area contributed by atoms with Crippen molar-refractivity contribution in [3.63, 3.8) is 0 Å². The summed E-state index contributed by atoms with van der Waals surface area (Å²) in [7, 11) is 0. The van der Waals surface area contributed by atoms with E-state index in [4.69, 9.17) is 0 Å². The third kappa shape index (κ3) is 1.41. The van der Waals surface area contributed by atoms with Gasteiger partial charge in [-0.25, -0.2) is 4.68 Å². The number of aryl methyl sites for hydroxylation is 2. The van der Waals surface area contributed by atoms with E-state index >= 15 is 0 Å². The Kier molecular flexibility index (Phi) is 1.72. The first-order chi connectivity index (χ1) is 5.95. The molecule has 0 unspecified atom stereocenters. The van der Waals surface area contributed by atoms with Crippen LogP contribution in [0.1, 0.15) is 0 Å². The van der Waals surface area contributed by atoms with E-state index in [2.05, 4.69) is 30.9 Å². The summed E-state index contributed by atoms with van der Waals surface area (Å²) < 4.78 is 1.60. The van der Waals surface area contributed by atoms with Crippen LogP contribution in [0.3, 0.4) is 0 Å². The lowest BCUT2D eigenvalue weighted by Gasteiger charge is -1.96. The Morgan fingerprint density at radius 1 is 1.08 bits per heavy atom. The second-order valence-corrected chi connectivity index (χ2v) is 2.10. The zero-order valence-corrected chi connectivity index (χ0v) is 6.15. The molecule has 0 fully saturated rings. The van der Waals surface area contributed by atoms with Gasteiger partial charge in [-0.15, -0.1) is 15.3 Å². The zero-order chi connectivity index (χ0) is 8.23. The van der Waals surface area contributed by atoms with Crippen LogP contribution in [-0.4, -0.2) is 40.4 Å². The monoisotopic (exact) mass is 166 g/mol. The standard InChI is InChI=1S/C4H6N8/c1(11-4-6-8-10-11)2-12-7-3-5-9-12/h3-4H,1-2H2. The lowest BCUT2D eigenvalue weighted by Crippen LogP contribution is -2.10. The average Bonchev–Trinajstić information content (AvgIpc) is 2.74. The molecule has 0 bridgehead atoms. The van der Waals surface area contributed by atoms with Gasteiger partial charge in [-0.1, -0.05) is 0 Å². The van der Waals surface area contributed by atoms with E-state index in [1.807, 2.05) is 0 Å². The van der Waals surface area contributed by atoms with Gasteiger partial charge in [0.05, 0.1) is 13.1 Å². The van der Waals surface area contributed by atoms with E-state index in [1.165, 1.54) is 17.5 Å². The van der Waals surface area contributed by atoms with Crippen LogP contribution >= 0.6 is 0 Å². The number of aromatic nitrogens is 8. The van der Waals surface area contributed by atoms with Crippen LogP contribution in [0.5, 0.6) is 0 Å². The predicted octanol–water partition coefficient (Wildman–Crippen LogP) is -1.64. The number of rotatable bonds is 3. The van der Waals surface area contributed by atoms with Crippen LogP contribution < -0.4 is 0 Å². The Balaban J connectivity index is 1.91. The van der Waals surface area contributed by atoms with Gasteiger partial charge in [0.15, 0.2) is 6.33 Å². The molecule has 8 heteroatoms. The summed E-state index contributed by atoms with van der Waals surface area (Å²) in [6.45, 7) is 1.26. The van der Waals surface area contributed by atoms with Gasteiger partial charge in [0.25, 0.3) is 0 Å². The fourth-order valence-electron chi connectivity index (χ4n) is 0.766. The molecule has 0 aromatic carbocycles. The first-order valence-electron chi connectivity index (χ1n) is 3.37. The van der Waals surface area contributed by atoms with Crippen molar-refractivity contribution in [1.29, 1.82) is 0 Å². The van der Waals surface area contributed by atoms with E-state index < -0.39 is 0 Å². The summed E-state index contributed by atoms with van der Waals surface area (Å²) in [6.07, 6.45) is 2.93. The Morgan fingerprint density at radius 2 is 2.08 bits per heavy atom. The number of hydrogen-bond acceptors (Lipinski definition) is 6. The van der Waals surface area contributed by atoms with Gasteiger partial charge in [-0.3, -0.25) is 0 Å².